The van der Waals surface area contributed by atoms with Gasteiger partial charge in [-0.15, -0.1) is 0 Å². The zero-order valence-electron chi connectivity index (χ0n) is 22.6. The first-order valence-electron chi connectivity index (χ1n) is 13.3. The van der Waals surface area contributed by atoms with Gasteiger partial charge in [-0.25, -0.2) is 0 Å². The van der Waals surface area contributed by atoms with Crippen LogP contribution in [0.25, 0.3) is 0 Å². The van der Waals surface area contributed by atoms with Crippen molar-refractivity contribution in [2.45, 2.75) is 91.3 Å². The number of ether oxygens (including phenoxy) is 5. The normalized spacial score (nSPS) is 44.8. The Kier molecular flexibility index (Phi) is 6.28. The average molecular weight is 533 g/mol. The van der Waals surface area contributed by atoms with Crippen LogP contribution < -0.4 is 0 Å². The topological polar surface area (TPSA) is 132 Å². The van der Waals surface area contributed by atoms with E-state index in [-0.39, 0.29) is 35.5 Å². The predicted octanol–water partition coefficient (Wildman–Crippen LogP) is 2.66. The molecule has 1 saturated heterocycles. The molecule has 0 amide bonds. The van der Waals surface area contributed by atoms with Gasteiger partial charge in [0.05, 0.1) is 6.61 Å². The quantitative estimate of drug-likeness (QED) is 0.302. The highest BCUT2D eigenvalue weighted by Crippen LogP contribution is 2.75. The van der Waals surface area contributed by atoms with E-state index in [0.717, 1.165) is 12.8 Å². The van der Waals surface area contributed by atoms with Crippen molar-refractivity contribution in [3.8, 4) is 0 Å². The van der Waals surface area contributed by atoms with E-state index in [2.05, 4.69) is 13.5 Å². The lowest BCUT2D eigenvalue weighted by Crippen LogP contribution is -2.76. The number of ketones is 1. The molecule has 1 aliphatic heterocycles. The fourth-order valence-corrected chi connectivity index (χ4v) is 9.12. The van der Waals surface area contributed by atoms with Gasteiger partial charge in [0.15, 0.2) is 5.78 Å². The van der Waals surface area contributed by atoms with E-state index in [9.17, 15) is 24.0 Å². The fraction of sp³-hybridized carbons (Fsp3) is 0.750. The van der Waals surface area contributed by atoms with Gasteiger partial charge >= 0.3 is 23.9 Å². The van der Waals surface area contributed by atoms with Gasteiger partial charge in [-0.05, 0) is 42.6 Å². The Morgan fingerprint density at radius 2 is 1.53 bits per heavy atom. The van der Waals surface area contributed by atoms with Gasteiger partial charge in [0, 0.05) is 44.9 Å². The number of rotatable bonds is 4. The second kappa shape index (κ2) is 8.89. The highest BCUT2D eigenvalue weighted by atomic mass is 16.7. The molecule has 208 valence electrons. The second-order valence-corrected chi connectivity index (χ2v) is 12.0. The van der Waals surface area contributed by atoms with Crippen molar-refractivity contribution < 1.29 is 47.7 Å². The molecular formula is C28H36O10. The molecule has 1 heterocycles. The first-order chi connectivity index (χ1) is 17.8. The minimum atomic E-state index is -1.58. The molecule has 5 rings (SSSR count). The summed E-state index contributed by atoms with van der Waals surface area (Å²) in [5.74, 6) is -4.24. The second-order valence-electron chi connectivity index (χ2n) is 12.0. The Morgan fingerprint density at radius 3 is 2.13 bits per heavy atom. The highest BCUT2D eigenvalue weighted by molar-refractivity contribution is 6.05. The average Bonchev–Trinajstić information content (AvgIpc) is 2.91. The van der Waals surface area contributed by atoms with Crippen LogP contribution >= 0.6 is 0 Å². The standard InChI is InChI=1S/C28H36O10/c1-13-18-10-19(35-14(2)29)22-27-9-7-8-26(6,12-34-25(27)38-17(5)32)20(27)11-21(36-15(3)30)28(22,23(13)33)24(18)37-16(4)31/h18-22,24-25H,1,7-12H2,2-6H3. The van der Waals surface area contributed by atoms with Crippen molar-refractivity contribution in [2.24, 2.45) is 34.0 Å². The van der Waals surface area contributed by atoms with E-state index >= 15 is 0 Å². The first-order valence-corrected chi connectivity index (χ1v) is 13.3. The third kappa shape index (κ3) is 3.51. The lowest BCUT2D eigenvalue weighted by molar-refractivity contribution is -0.358. The molecule has 0 aromatic rings. The summed E-state index contributed by atoms with van der Waals surface area (Å²) in [4.78, 5) is 64.1. The van der Waals surface area contributed by atoms with Gasteiger partial charge in [-0.2, -0.15) is 0 Å². The van der Waals surface area contributed by atoms with E-state index in [1.807, 2.05) is 0 Å². The Bertz CT molecular complexity index is 1110. The molecule has 10 nitrogen and oxygen atoms in total. The first kappa shape index (κ1) is 26.8. The molecule has 38 heavy (non-hydrogen) atoms. The number of hydrogen-bond donors (Lipinski definition) is 0. The van der Waals surface area contributed by atoms with Crippen molar-refractivity contribution in [1.29, 1.82) is 0 Å². The molecule has 1 spiro atoms. The van der Waals surface area contributed by atoms with Gasteiger partial charge < -0.3 is 23.7 Å². The Balaban J connectivity index is 1.82. The van der Waals surface area contributed by atoms with Gasteiger partial charge in [0.1, 0.15) is 23.7 Å². The van der Waals surface area contributed by atoms with E-state index in [0.29, 0.717) is 13.0 Å². The Labute approximate surface area is 221 Å². The molecular weight excluding hydrogens is 496 g/mol. The number of fused-ring (bicyclic) bond motifs is 1. The summed E-state index contributed by atoms with van der Waals surface area (Å²) in [6, 6.07) is 0. The minimum Gasteiger partial charge on any atom is -0.462 e. The smallest absolute Gasteiger partial charge is 0.304 e. The summed E-state index contributed by atoms with van der Waals surface area (Å²) in [6.45, 7) is 11.6. The molecule has 0 radical (unpaired) electrons. The van der Waals surface area contributed by atoms with Gasteiger partial charge in [0.25, 0.3) is 0 Å². The maximum atomic E-state index is 14.4. The molecule has 5 aliphatic rings. The van der Waals surface area contributed by atoms with Crippen LogP contribution in [-0.4, -0.2) is 60.9 Å². The van der Waals surface area contributed by atoms with Gasteiger partial charge in [-0.1, -0.05) is 19.9 Å². The van der Waals surface area contributed by atoms with Crippen LogP contribution in [0.4, 0.5) is 0 Å². The van der Waals surface area contributed by atoms with Crippen molar-refractivity contribution in [2.75, 3.05) is 6.61 Å². The molecule has 10 unspecified atom stereocenters. The number of carbonyl (C=O) groups excluding carboxylic acids is 5. The number of carbonyl (C=O) groups is 5. The molecule has 10 heteroatoms. The fourth-order valence-electron chi connectivity index (χ4n) is 9.12. The van der Waals surface area contributed by atoms with Crippen LogP contribution in [0, 0.1) is 34.0 Å². The lowest BCUT2D eigenvalue weighted by Gasteiger charge is -2.70. The molecule has 0 aromatic heterocycles. The van der Waals surface area contributed by atoms with E-state index in [1.165, 1.54) is 27.7 Å². The summed E-state index contributed by atoms with van der Waals surface area (Å²) in [5.41, 5.74) is -2.66. The number of Topliss-reactive ketones (excluding diaryl/α,β-unsaturated/α-hetero) is 1. The SMILES string of the molecule is C=C1C(=O)C23C(OC(C)=O)CC4C5(C)CCCC4(C(OC(C)=O)OC5)C2C(OC(C)=O)CC1C3OC(C)=O. The minimum absolute atomic E-state index is 0.194. The van der Waals surface area contributed by atoms with E-state index in [1.54, 1.807) is 0 Å². The molecule has 10 atom stereocenters. The maximum absolute atomic E-state index is 14.4. The van der Waals surface area contributed by atoms with Crippen molar-refractivity contribution in [1.82, 2.24) is 0 Å². The van der Waals surface area contributed by atoms with Crippen LogP contribution in [-0.2, 0) is 47.7 Å². The van der Waals surface area contributed by atoms with E-state index in [4.69, 9.17) is 23.7 Å². The summed E-state index contributed by atoms with van der Waals surface area (Å²) in [6.07, 6.45) is -1.18. The van der Waals surface area contributed by atoms with Gasteiger partial charge in [-0.3, -0.25) is 24.0 Å². The summed E-state index contributed by atoms with van der Waals surface area (Å²) in [5, 5.41) is 0. The van der Waals surface area contributed by atoms with E-state index < -0.39 is 71.1 Å². The summed E-state index contributed by atoms with van der Waals surface area (Å²) >= 11 is 0. The largest absolute Gasteiger partial charge is 0.462 e. The zero-order chi connectivity index (χ0) is 27.8. The third-order valence-electron chi connectivity index (χ3n) is 9.95. The van der Waals surface area contributed by atoms with Gasteiger partial charge in [0.2, 0.25) is 6.29 Å². The van der Waals surface area contributed by atoms with Crippen molar-refractivity contribution in [3.05, 3.63) is 12.2 Å². The monoisotopic (exact) mass is 532 g/mol. The molecule has 4 saturated carbocycles. The van der Waals surface area contributed by atoms with Crippen LogP contribution in [0.5, 0.6) is 0 Å². The lowest BCUT2D eigenvalue weighted by atomic mass is 9.37. The van der Waals surface area contributed by atoms with Crippen LogP contribution in [0.1, 0.15) is 66.7 Å². The maximum Gasteiger partial charge on any atom is 0.304 e. The van der Waals surface area contributed by atoms with Crippen molar-refractivity contribution >= 4 is 29.7 Å². The zero-order valence-corrected chi connectivity index (χ0v) is 22.6. The Morgan fingerprint density at radius 1 is 0.895 bits per heavy atom. The highest BCUT2D eigenvalue weighted by Gasteiger charge is 2.82. The van der Waals surface area contributed by atoms with Crippen LogP contribution in [0.3, 0.4) is 0 Å². The molecule has 4 bridgehead atoms. The summed E-state index contributed by atoms with van der Waals surface area (Å²) < 4.78 is 29.9. The van der Waals surface area contributed by atoms with Crippen LogP contribution in [0.2, 0.25) is 0 Å². The summed E-state index contributed by atoms with van der Waals surface area (Å²) in [7, 11) is 0. The predicted molar refractivity (Wildman–Crippen MR) is 129 cm³/mol. The molecule has 0 aromatic carbocycles. The van der Waals surface area contributed by atoms with Crippen LogP contribution in [0.15, 0.2) is 12.2 Å². The molecule has 4 aliphatic carbocycles. The molecule has 0 N–H and O–H groups in total. The van der Waals surface area contributed by atoms with Crippen molar-refractivity contribution in [3.63, 3.8) is 0 Å². The molecule has 5 fully saturated rings. The third-order valence-corrected chi connectivity index (χ3v) is 9.95. The number of hydrogen-bond acceptors (Lipinski definition) is 10. The Hall–Kier alpha value is -2.75. The number of esters is 4.